The standard InChI is InChI=1S/C17H24N2O2/c1-12-5-7-19(8-6-12)11-17(20)15-10-18-16-9-13(21-2)3-4-14(15)16/h3-4,9-10,12,17-18,20H,5-8,11H2,1-2H3/t17-/m0/s1. The minimum absolute atomic E-state index is 0.444. The van der Waals surface area contributed by atoms with Crippen LogP contribution < -0.4 is 4.74 Å². The molecule has 4 nitrogen and oxygen atoms in total. The van der Waals surface area contributed by atoms with Crippen LogP contribution in [0.25, 0.3) is 10.9 Å². The Kier molecular flexibility index (Phi) is 4.17. The highest BCUT2D eigenvalue weighted by molar-refractivity contribution is 5.84. The van der Waals surface area contributed by atoms with Gasteiger partial charge in [0.05, 0.1) is 13.2 Å². The van der Waals surface area contributed by atoms with E-state index >= 15 is 0 Å². The van der Waals surface area contributed by atoms with Crippen LogP contribution in [0.1, 0.15) is 31.4 Å². The first-order chi connectivity index (χ1) is 10.2. The molecule has 1 fully saturated rings. The molecule has 0 aliphatic carbocycles. The number of aliphatic hydroxyl groups excluding tert-OH is 1. The van der Waals surface area contributed by atoms with E-state index in [1.807, 2.05) is 24.4 Å². The van der Waals surface area contributed by atoms with Gasteiger partial charge >= 0.3 is 0 Å². The van der Waals surface area contributed by atoms with Crippen molar-refractivity contribution in [1.29, 1.82) is 0 Å². The molecular formula is C17H24N2O2. The number of methoxy groups -OCH3 is 1. The molecule has 2 N–H and O–H groups in total. The number of likely N-dealkylation sites (tertiary alicyclic amines) is 1. The zero-order chi connectivity index (χ0) is 14.8. The highest BCUT2D eigenvalue weighted by Crippen LogP contribution is 2.28. The summed E-state index contributed by atoms with van der Waals surface area (Å²) in [7, 11) is 1.66. The van der Waals surface area contributed by atoms with Gasteiger partial charge in [0.25, 0.3) is 0 Å². The quantitative estimate of drug-likeness (QED) is 0.909. The topological polar surface area (TPSA) is 48.5 Å². The normalized spacial score (nSPS) is 19.0. The van der Waals surface area contributed by atoms with E-state index in [-0.39, 0.29) is 0 Å². The molecule has 1 aromatic heterocycles. The summed E-state index contributed by atoms with van der Waals surface area (Å²) >= 11 is 0. The van der Waals surface area contributed by atoms with Crippen molar-refractivity contribution < 1.29 is 9.84 Å². The highest BCUT2D eigenvalue weighted by Gasteiger charge is 2.20. The molecule has 114 valence electrons. The molecule has 0 amide bonds. The number of aliphatic hydroxyl groups is 1. The van der Waals surface area contributed by atoms with E-state index in [1.165, 1.54) is 12.8 Å². The second-order valence-corrected chi connectivity index (χ2v) is 6.15. The largest absolute Gasteiger partial charge is 0.497 e. The fourth-order valence-electron chi connectivity index (χ4n) is 3.12. The van der Waals surface area contributed by atoms with Crippen LogP contribution in [-0.4, -0.2) is 41.7 Å². The van der Waals surface area contributed by atoms with Crippen LogP contribution in [0.2, 0.25) is 0 Å². The predicted octanol–water partition coefficient (Wildman–Crippen LogP) is 2.94. The molecule has 1 aliphatic heterocycles. The lowest BCUT2D eigenvalue weighted by atomic mass is 9.98. The first-order valence-corrected chi connectivity index (χ1v) is 7.73. The van der Waals surface area contributed by atoms with Gasteiger partial charge in [0.1, 0.15) is 5.75 Å². The van der Waals surface area contributed by atoms with Gasteiger partial charge in [0.2, 0.25) is 0 Å². The maximum absolute atomic E-state index is 10.6. The van der Waals surface area contributed by atoms with Gasteiger partial charge in [-0.25, -0.2) is 0 Å². The Morgan fingerprint density at radius 3 is 2.86 bits per heavy atom. The molecule has 0 bridgehead atoms. The molecule has 3 rings (SSSR count). The number of nitrogens with zero attached hydrogens (tertiary/aromatic N) is 1. The zero-order valence-electron chi connectivity index (χ0n) is 12.8. The number of fused-ring (bicyclic) bond motifs is 1. The van der Waals surface area contributed by atoms with E-state index in [0.29, 0.717) is 6.54 Å². The Morgan fingerprint density at radius 1 is 1.38 bits per heavy atom. The number of rotatable bonds is 4. The van der Waals surface area contributed by atoms with Gasteiger partial charge in [-0.15, -0.1) is 0 Å². The minimum Gasteiger partial charge on any atom is -0.497 e. The number of aromatic amines is 1. The van der Waals surface area contributed by atoms with Crippen molar-refractivity contribution in [1.82, 2.24) is 9.88 Å². The Labute approximate surface area is 125 Å². The van der Waals surface area contributed by atoms with Crippen LogP contribution in [0.15, 0.2) is 24.4 Å². The van der Waals surface area contributed by atoms with Crippen LogP contribution in [0, 0.1) is 5.92 Å². The van der Waals surface area contributed by atoms with Crippen molar-refractivity contribution in [3.8, 4) is 5.75 Å². The van der Waals surface area contributed by atoms with Crippen molar-refractivity contribution in [2.24, 2.45) is 5.92 Å². The van der Waals surface area contributed by atoms with Gasteiger partial charge in [0.15, 0.2) is 0 Å². The molecule has 0 spiro atoms. The third-order valence-electron chi connectivity index (χ3n) is 4.59. The fraction of sp³-hybridized carbons (Fsp3) is 0.529. The molecule has 1 aliphatic rings. The minimum atomic E-state index is -0.444. The summed E-state index contributed by atoms with van der Waals surface area (Å²) in [5, 5.41) is 11.6. The van der Waals surface area contributed by atoms with E-state index in [1.54, 1.807) is 7.11 Å². The van der Waals surface area contributed by atoms with Gasteiger partial charge in [-0.05, 0) is 44.0 Å². The van der Waals surface area contributed by atoms with Crippen LogP contribution >= 0.6 is 0 Å². The van der Waals surface area contributed by atoms with Crippen LogP contribution in [-0.2, 0) is 0 Å². The summed E-state index contributed by atoms with van der Waals surface area (Å²) in [5.74, 6) is 1.65. The predicted molar refractivity (Wildman–Crippen MR) is 84.6 cm³/mol. The molecule has 21 heavy (non-hydrogen) atoms. The second kappa shape index (κ2) is 6.08. The molecule has 1 atom stereocenters. The molecule has 0 unspecified atom stereocenters. The van der Waals surface area contributed by atoms with E-state index in [0.717, 1.165) is 41.2 Å². The lowest BCUT2D eigenvalue weighted by Crippen LogP contribution is -2.35. The lowest BCUT2D eigenvalue weighted by Gasteiger charge is -2.31. The van der Waals surface area contributed by atoms with Crippen molar-refractivity contribution in [2.75, 3.05) is 26.7 Å². The average Bonchev–Trinajstić information content (AvgIpc) is 2.92. The van der Waals surface area contributed by atoms with Crippen molar-refractivity contribution in [3.63, 3.8) is 0 Å². The van der Waals surface area contributed by atoms with Gasteiger partial charge in [-0.2, -0.15) is 0 Å². The maximum Gasteiger partial charge on any atom is 0.120 e. The molecule has 1 aromatic carbocycles. The smallest absolute Gasteiger partial charge is 0.120 e. The number of aromatic nitrogens is 1. The Balaban J connectivity index is 1.74. The highest BCUT2D eigenvalue weighted by atomic mass is 16.5. The van der Waals surface area contributed by atoms with E-state index in [9.17, 15) is 5.11 Å². The Bertz CT molecular complexity index is 600. The van der Waals surface area contributed by atoms with E-state index < -0.39 is 6.10 Å². The van der Waals surface area contributed by atoms with Crippen LogP contribution in [0.3, 0.4) is 0 Å². The molecular weight excluding hydrogens is 264 g/mol. The number of hydrogen-bond donors (Lipinski definition) is 2. The monoisotopic (exact) mass is 288 g/mol. The summed E-state index contributed by atoms with van der Waals surface area (Å²) in [4.78, 5) is 5.60. The van der Waals surface area contributed by atoms with Crippen LogP contribution in [0.5, 0.6) is 5.75 Å². The number of H-pyrrole nitrogens is 1. The number of β-amino-alcohol motifs (C(OH)–C–C–N with tert-alkyl or cyclic N) is 1. The van der Waals surface area contributed by atoms with Crippen molar-refractivity contribution >= 4 is 10.9 Å². The summed E-state index contributed by atoms with van der Waals surface area (Å²) < 4.78 is 5.23. The van der Waals surface area contributed by atoms with E-state index in [2.05, 4.69) is 16.8 Å². The fourth-order valence-corrected chi connectivity index (χ4v) is 3.12. The Hall–Kier alpha value is -1.52. The van der Waals surface area contributed by atoms with Crippen molar-refractivity contribution in [3.05, 3.63) is 30.0 Å². The van der Waals surface area contributed by atoms with Gasteiger partial charge in [0, 0.05) is 35.3 Å². The summed E-state index contributed by atoms with van der Waals surface area (Å²) in [6.07, 6.45) is 3.94. The first kappa shape index (κ1) is 14.4. The number of nitrogens with one attached hydrogen (secondary N) is 1. The number of hydrogen-bond acceptors (Lipinski definition) is 3. The average molecular weight is 288 g/mol. The maximum atomic E-state index is 10.6. The third kappa shape index (κ3) is 3.06. The molecule has 4 heteroatoms. The van der Waals surface area contributed by atoms with Crippen molar-refractivity contribution in [2.45, 2.75) is 25.9 Å². The molecule has 1 saturated heterocycles. The number of benzene rings is 1. The SMILES string of the molecule is COc1ccc2c([C@@H](O)CN3CCC(C)CC3)c[nH]c2c1. The molecule has 0 saturated carbocycles. The van der Waals surface area contributed by atoms with Crippen LogP contribution in [0.4, 0.5) is 0 Å². The summed E-state index contributed by atoms with van der Waals surface area (Å²) in [6.45, 7) is 5.20. The molecule has 2 heterocycles. The number of ether oxygens (including phenoxy) is 1. The zero-order valence-corrected chi connectivity index (χ0v) is 12.8. The lowest BCUT2D eigenvalue weighted by molar-refractivity contribution is 0.0925. The van der Waals surface area contributed by atoms with Gasteiger partial charge in [-0.1, -0.05) is 6.92 Å². The Morgan fingerprint density at radius 2 is 2.14 bits per heavy atom. The van der Waals surface area contributed by atoms with Gasteiger partial charge < -0.3 is 19.7 Å². The summed E-state index contributed by atoms with van der Waals surface area (Å²) in [5.41, 5.74) is 1.99. The van der Waals surface area contributed by atoms with E-state index in [4.69, 9.17) is 4.74 Å². The number of piperidine rings is 1. The summed E-state index contributed by atoms with van der Waals surface area (Å²) in [6, 6.07) is 5.92. The second-order valence-electron chi connectivity index (χ2n) is 6.15. The molecule has 0 radical (unpaired) electrons. The third-order valence-corrected chi connectivity index (χ3v) is 4.59. The molecule has 2 aromatic rings. The van der Waals surface area contributed by atoms with Gasteiger partial charge in [-0.3, -0.25) is 0 Å². The first-order valence-electron chi connectivity index (χ1n) is 7.73.